The summed E-state index contributed by atoms with van der Waals surface area (Å²) in [4.78, 5) is 7.15. The molecule has 2 aromatic rings. The van der Waals surface area contributed by atoms with Crippen molar-refractivity contribution in [3.63, 3.8) is 0 Å². The molecule has 0 spiro atoms. The van der Waals surface area contributed by atoms with Crippen molar-refractivity contribution >= 4 is 16.6 Å². The van der Waals surface area contributed by atoms with Crippen LogP contribution < -0.4 is 10.6 Å². The van der Waals surface area contributed by atoms with Crippen molar-refractivity contribution in [2.75, 3.05) is 18.0 Å². The summed E-state index contributed by atoms with van der Waals surface area (Å²) in [5, 5.41) is 2.49. The van der Waals surface area contributed by atoms with Gasteiger partial charge in [0.2, 0.25) is 0 Å². The van der Waals surface area contributed by atoms with Gasteiger partial charge in [0.25, 0.3) is 0 Å². The number of rotatable bonds is 4. The van der Waals surface area contributed by atoms with Crippen molar-refractivity contribution < 1.29 is 0 Å². The van der Waals surface area contributed by atoms with Crippen LogP contribution in [0.4, 0.5) is 5.82 Å². The second kappa shape index (κ2) is 5.80. The molecule has 2 heterocycles. The monoisotopic (exact) mass is 269 g/mol. The minimum absolute atomic E-state index is 0.548. The molecule has 0 bridgehead atoms. The van der Waals surface area contributed by atoms with Gasteiger partial charge in [0.15, 0.2) is 0 Å². The Morgan fingerprint density at radius 2 is 2.10 bits per heavy atom. The zero-order valence-corrected chi connectivity index (χ0v) is 12.2. The van der Waals surface area contributed by atoms with Crippen molar-refractivity contribution in [2.45, 2.75) is 32.7 Å². The van der Waals surface area contributed by atoms with Gasteiger partial charge in [-0.2, -0.15) is 0 Å². The van der Waals surface area contributed by atoms with E-state index in [1.807, 2.05) is 6.20 Å². The van der Waals surface area contributed by atoms with E-state index >= 15 is 0 Å². The van der Waals surface area contributed by atoms with Gasteiger partial charge in [-0.05, 0) is 29.7 Å². The van der Waals surface area contributed by atoms with Gasteiger partial charge in [-0.25, -0.2) is 4.98 Å². The van der Waals surface area contributed by atoms with Gasteiger partial charge in [-0.1, -0.05) is 37.6 Å². The van der Waals surface area contributed by atoms with Crippen LogP contribution in [0.1, 0.15) is 31.7 Å². The van der Waals surface area contributed by atoms with Crippen molar-refractivity contribution in [1.29, 1.82) is 0 Å². The van der Waals surface area contributed by atoms with E-state index in [0.717, 1.165) is 30.4 Å². The van der Waals surface area contributed by atoms with Crippen LogP contribution in [0.5, 0.6) is 0 Å². The molecule has 2 N–H and O–H groups in total. The van der Waals surface area contributed by atoms with Gasteiger partial charge in [0.05, 0.1) is 0 Å². The second-order valence-electron chi connectivity index (χ2n) is 5.75. The van der Waals surface area contributed by atoms with Crippen LogP contribution in [-0.2, 0) is 6.54 Å². The lowest BCUT2D eigenvalue weighted by Crippen LogP contribution is -2.21. The first kappa shape index (κ1) is 13.4. The van der Waals surface area contributed by atoms with Crippen LogP contribution in [0.3, 0.4) is 0 Å². The highest BCUT2D eigenvalue weighted by atomic mass is 15.2. The summed E-state index contributed by atoms with van der Waals surface area (Å²) in [5.41, 5.74) is 6.96. The van der Waals surface area contributed by atoms with Gasteiger partial charge in [0.1, 0.15) is 5.82 Å². The fourth-order valence-electron chi connectivity index (χ4n) is 3.32. The summed E-state index contributed by atoms with van der Waals surface area (Å²) in [7, 11) is 0. The summed E-state index contributed by atoms with van der Waals surface area (Å²) in [6, 6.07) is 8.49. The Labute approximate surface area is 120 Å². The number of pyridine rings is 1. The molecule has 1 aliphatic rings. The maximum Gasteiger partial charge on any atom is 0.136 e. The van der Waals surface area contributed by atoms with E-state index in [1.165, 1.54) is 30.0 Å². The third kappa shape index (κ3) is 2.38. The molecule has 20 heavy (non-hydrogen) atoms. The molecular formula is C17H23N3. The van der Waals surface area contributed by atoms with Gasteiger partial charge in [-0.15, -0.1) is 0 Å². The van der Waals surface area contributed by atoms with Crippen LogP contribution in [0.2, 0.25) is 0 Å². The van der Waals surface area contributed by atoms with Crippen molar-refractivity contribution in [3.8, 4) is 0 Å². The lowest BCUT2D eigenvalue weighted by Gasteiger charge is -2.20. The van der Waals surface area contributed by atoms with Crippen LogP contribution >= 0.6 is 0 Å². The molecule has 0 aliphatic carbocycles. The minimum atomic E-state index is 0.548. The number of fused-ring (bicyclic) bond motifs is 1. The van der Waals surface area contributed by atoms with E-state index < -0.39 is 0 Å². The lowest BCUT2D eigenvalue weighted by molar-refractivity contribution is 0.529. The Morgan fingerprint density at radius 1 is 1.30 bits per heavy atom. The third-order valence-electron chi connectivity index (χ3n) is 4.36. The number of nitrogens with zero attached hydrogens (tertiary/aromatic N) is 2. The van der Waals surface area contributed by atoms with E-state index in [-0.39, 0.29) is 0 Å². The number of anilines is 1. The molecule has 1 atom stereocenters. The highest BCUT2D eigenvalue weighted by molar-refractivity contribution is 5.94. The Hall–Kier alpha value is -1.61. The first-order chi connectivity index (χ1) is 9.83. The van der Waals surface area contributed by atoms with E-state index in [1.54, 1.807) is 0 Å². The predicted molar refractivity (Wildman–Crippen MR) is 84.9 cm³/mol. The van der Waals surface area contributed by atoms with E-state index in [9.17, 15) is 0 Å². The van der Waals surface area contributed by atoms with E-state index in [0.29, 0.717) is 6.54 Å². The van der Waals surface area contributed by atoms with Crippen molar-refractivity contribution in [3.05, 3.63) is 36.0 Å². The molecule has 106 valence electrons. The molecule has 3 nitrogen and oxygen atoms in total. The average molecular weight is 269 g/mol. The summed E-state index contributed by atoms with van der Waals surface area (Å²) in [5.74, 6) is 1.96. The molecule has 1 fully saturated rings. The Morgan fingerprint density at radius 3 is 2.85 bits per heavy atom. The highest BCUT2D eigenvalue weighted by Gasteiger charge is 2.24. The van der Waals surface area contributed by atoms with Gasteiger partial charge in [0, 0.05) is 31.2 Å². The fraction of sp³-hybridized carbons (Fsp3) is 0.471. The quantitative estimate of drug-likeness (QED) is 0.926. The topological polar surface area (TPSA) is 42.2 Å². The third-order valence-corrected chi connectivity index (χ3v) is 4.36. The maximum absolute atomic E-state index is 5.83. The minimum Gasteiger partial charge on any atom is -0.356 e. The first-order valence-corrected chi connectivity index (χ1v) is 7.65. The molecule has 1 aromatic carbocycles. The zero-order chi connectivity index (χ0) is 13.9. The normalized spacial score (nSPS) is 18.9. The molecule has 0 amide bonds. The molecule has 0 saturated carbocycles. The van der Waals surface area contributed by atoms with E-state index in [4.69, 9.17) is 10.7 Å². The molecular weight excluding hydrogens is 246 g/mol. The van der Waals surface area contributed by atoms with Gasteiger partial charge in [-0.3, -0.25) is 0 Å². The van der Waals surface area contributed by atoms with Crippen molar-refractivity contribution in [2.24, 2.45) is 11.7 Å². The first-order valence-electron chi connectivity index (χ1n) is 7.65. The predicted octanol–water partition coefficient (Wildman–Crippen LogP) is 3.32. The SMILES string of the molecule is CCCC1CCN(c2ncc(CN)c3ccccc23)C1. The number of benzene rings is 1. The molecule has 0 radical (unpaired) electrons. The summed E-state index contributed by atoms with van der Waals surface area (Å²) in [6.07, 6.45) is 5.85. The van der Waals surface area contributed by atoms with Crippen molar-refractivity contribution in [1.82, 2.24) is 4.98 Å². The molecule has 1 unspecified atom stereocenters. The smallest absolute Gasteiger partial charge is 0.136 e. The zero-order valence-electron chi connectivity index (χ0n) is 12.2. The Bertz CT molecular complexity index is 594. The van der Waals surface area contributed by atoms with Crippen LogP contribution in [-0.4, -0.2) is 18.1 Å². The molecule has 1 aromatic heterocycles. The standard InChI is InChI=1S/C17H23N3/c1-2-5-13-8-9-20(12-13)17-16-7-4-3-6-15(16)14(10-18)11-19-17/h3-4,6-7,11,13H,2,5,8-10,12,18H2,1H3. The highest BCUT2D eigenvalue weighted by Crippen LogP contribution is 2.31. The molecule has 3 rings (SSSR count). The molecule has 1 aliphatic heterocycles. The lowest BCUT2D eigenvalue weighted by atomic mass is 10.0. The van der Waals surface area contributed by atoms with Crippen LogP contribution in [0, 0.1) is 5.92 Å². The summed E-state index contributed by atoms with van der Waals surface area (Å²) < 4.78 is 0. The largest absolute Gasteiger partial charge is 0.356 e. The second-order valence-corrected chi connectivity index (χ2v) is 5.75. The van der Waals surface area contributed by atoms with Gasteiger partial charge < -0.3 is 10.6 Å². The molecule has 3 heteroatoms. The van der Waals surface area contributed by atoms with Crippen LogP contribution in [0.15, 0.2) is 30.5 Å². The van der Waals surface area contributed by atoms with E-state index in [2.05, 4.69) is 36.1 Å². The summed E-state index contributed by atoms with van der Waals surface area (Å²) >= 11 is 0. The summed E-state index contributed by atoms with van der Waals surface area (Å²) in [6.45, 7) is 5.09. The van der Waals surface area contributed by atoms with Crippen LogP contribution in [0.25, 0.3) is 10.8 Å². The average Bonchev–Trinajstić information content (AvgIpc) is 2.95. The number of hydrogen-bond donors (Lipinski definition) is 1. The molecule has 1 saturated heterocycles. The number of nitrogens with two attached hydrogens (primary N) is 1. The van der Waals surface area contributed by atoms with Gasteiger partial charge >= 0.3 is 0 Å². The fourth-order valence-corrected chi connectivity index (χ4v) is 3.32. The Balaban J connectivity index is 1.97. The number of aromatic nitrogens is 1. The maximum atomic E-state index is 5.83. The Kier molecular flexibility index (Phi) is 3.88. The number of hydrogen-bond acceptors (Lipinski definition) is 3.